The highest BCUT2D eigenvalue weighted by atomic mass is 32.1. The van der Waals surface area contributed by atoms with Gasteiger partial charge in [-0.1, -0.05) is 6.07 Å². The molecule has 7 rings (SSSR count). The molecule has 0 aliphatic carbocycles. The van der Waals surface area contributed by atoms with Gasteiger partial charge in [0.25, 0.3) is 0 Å². The summed E-state index contributed by atoms with van der Waals surface area (Å²) in [6.45, 7) is 3.28. The van der Waals surface area contributed by atoms with Crippen molar-refractivity contribution in [2.75, 3.05) is 13.1 Å². The van der Waals surface area contributed by atoms with Gasteiger partial charge < -0.3 is 4.98 Å². The van der Waals surface area contributed by atoms with E-state index < -0.39 is 0 Å². The third kappa shape index (κ3) is 3.71. The Labute approximate surface area is 205 Å². The maximum absolute atomic E-state index is 5.02. The Morgan fingerprint density at radius 1 is 0.971 bits per heavy atom. The van der Waals surface area contributed by atoms with Crippen LogP contribution in [0, 0.1) is 0 Å². The molecule has 1 aliphatic rings. The van der Waals surface area contributed by atoms with Crippen LogP contribution in [0.2, 0.25) is 0 Å². The van der Waals surface area contributed by atoms with Crippen molar-refractivity contribution in [2.24, 2.45) is 0 Å². The SMILES string of the molecule is c1csc(-c2nccc3[nH]c(-c4n[nH]c5ccc(-c6cncc(CN7CCCC7)c6)nc45)cc23)c1. The van der Waals surface area contributed by atoms with Crippen LogP contribution in [0.15, 0.2) is 66.4 Å². The summed E-state index contributed by atoms with van der Waals surface area (Å²) >= 11 is 1.69. The Hall–Kier alpha value is -3.88. The summed E-state index contributed by atoms with van der Waals surface area (Å²) in [6.07, 6.45) is 8.27. The quantitative estimate of drug-likeness (QED) is 0.323. The maximum Gasteiger partial charge on any atom is 0.135 e. The van der Waals surface area contributed by atoms with Crippen LogP contribution in [0.1, 0.15) is 18.4 Å². The molecule has 0 amide bonds. The first kappa shape index (κ1) is 20.5. The minimum absolute atomic E-state index is 0.802. The summed E-state index contributed by atoms with van der Waals surface area (Å²) in [5.41, 5.74) is 8.62. The van der Waals surface area contributed by atoms with Crippen LogP contribution in [0.5, 0.6) is 0 Å². The van der Waals surface area contributed by atoms with E-state index in [0.717, 1.165) is 61.7 Å². The van der Waals surface area contributed by atoms with Crippen LogP contribution in [0.3, 0.4) is 0 Å². The predicted octanol–water partition coefficient (Wildman–Crippen LogP) is 5.89. The lowest BCUT2D eigenvalue weighted by Gasteiger charge is -2.14. The molecule has 0 saturated carbocycles. The van der Waals surface area contributed by atoms with Gasteiger partial charge >= 0.3 is 0 Å². The molecule has 7 nitrogen and oxygen atoms in total. The number of aromatic amines is 2. The summed E-state index contributed by atoms with van der Waals surface area (Å²) in [5.74, 6) is 0. The highest BCUT2D eigenvalue weighted by Gasteiger charge is 2.17. The third-order valence-corrected chi connectivity index (χ3v) is 7.54. The summed E-state index contributed by atoms with van der Waals surface area (Å²) in [6, 6.07) is 14.6. The molecule has 7 heterocycles. The van der Waals surface area contributed by atoms with E-state index in [1.54, 1.807) is 11.3 Å². The van der Waals surface area contributed by atoms with E-state index >= 15 is 0 Å². The topological polar surface area (TPSA) is 86.4 Å². The zero-order chi connectivity index (χ0) is 23.2. The fourth-order valence-corrected chi connectivity index (χ4v) is 5.69. The number of aromatic nitrogens is 6. The molecule has 172 valence electrons. The lowest BCUT2D eigenvalue weighted by atomic mass is 10.1. The first-order chi connectivity index (χ1) is 17.3. The van der Waals surface area contributed by atoms with Crippen molar-refractivity contribution in [2.45, 2.75) is 19.4 Å². The second-order valence-corrected chi connectivity index (χ2v) is 9.96. The monoisotopic (exact) mass is 477 g/mol. The van der Waals surface area contributed by atoms with Crippen molar-refractivity contribution in [1.82, 2.24) is 35.0 Å². The summed E-state index contributed by atoms with van der Waals surface area (Å²) in [5, 5.41) is 10.9. The molecule has 1 aliphatic heterocycles. The summed E-state index contributed by atoms with van der Waals surface area (Å²) in [4.78, 5) is 21.3. The third-order valence-electron chi connectivity index (χ3n) is 6.66. The molecule has 0 radical (unpaired) electrons. The number of pyridine rings is 3. The van der Waals surface area contributed by atoms with Gasteiger partial charge in [-0.05, 0) is 73.3 Å². The molecular formula is C27H23N7S. The van der Waals surface area contributed by atoms with E-state index in [9.17, 15) is 0 Å². The highest BCUT2D eigenvalue weighted by molar-refractivity contribution is 7.13. The number of H-pyrrole nitrogens is 2. The van der Waals surface area contributed by atoms with Gasteiger partial charge in [0.05, 0.1) is 27.5 Å². The largest absolute Gasteiger partial charge is 0.353 e. The lowest BCUT2D eigenvalue weighted by molar-refractivity contribution is 0.331. The molecule has 0 atom stereocenters. The first-order valence-corrected chi connectivity index (χ1v) is 12.7. The average molecular weight is 478 g/mol. The van der Waals surface area contributed by atoms with Gasteiger partial charge in [0, 0.05) is 41.6 Å². The minimum atomic E-state index is 0.802. The second kappa shape index (κ2) is 8.41. The number of thiophene rings is 1. The maximum atomic E-state index is 5.02. The van der Waals surface area contributed by atoms with Crippen LogP contribution >= 0.6 is 11.3 Å². The van der Waals surface area contributed by atoms with Gasteiger partial charge in [-0.15, -0.1) is 11.3 Å². The fourth-order valence-electron chi connectivity index (χ4n) is 4.95. The number of nitrogens with one attached hydrogen (secondary N) is 2. The molecule has 2 N–H and O–H groups in total. The van der Waals surface area contributed by atoms with E-state index in [1.807, 2.05) is 36.8 Å². The number of rotatable bonds is 5. The van der Waals surface area contributed by atoms with E-state index in [4.69, 9.17) is 4.98 Å². The van der Waals surface area contributed by atoms with Gasteiger partial charge in [-0.25, -0.2) is 4.98 Å². The second-order valence-electron chi connectivity index (χ2n) is 9.01. The fraction of sp³-hybridized carbons (Fsp3) is 0.185. The van der Waals surface area contributed by atoms with Gasteiger partial charge in [-0.3, -0.25) is 20.0 Å². The average Bonchev–Trinajstić information content (AvgIpc) is 3.70. The van der Waals surface area contributed by atoms with Crippen LogP contribution in [-0.2, 0) is 6.54 Å². The van der Waals surface area contributed by atoms with Crippen LogP contribution in [0.4, 0.5) is 0 Å². The molecule has 8 heteroatoms. The van der Waals surface area contributed by atoms with Crippen molar-refractivity contribution in [1.29, 1.82) is 0 Å². The Morgan fingerprint density at radius 2 is 1.91 bits per heavy atom. The van der Waals surface area contributed by atoms with E-state index in [1.165, 1.54) is 31.5 Å². The molecule has 1 saturated heterocycles. The molecule has 0 aromatic carbocycles. The zero-order valence-corrected chi connectivity index (χ0v) is 19.8. The molecule has 0 spiro atoms. The van der Waals surface area contributed by atoms with E-state index in [-0.39, 0.29) is 0 Å². The number of fused-ring (bicyclic) bond motifs is 2. The van der Waals surface area contributed by atoms with Gasteiger partial charge in [0.15, 0.2) is 0 Å². The molecule has 6 aromatic rings. The van der Waals surface area contributed by atoms with Crippen molar-refractivity contribution >= 4 is 33.3 Å². The Balaban J connectivity index is 1.28. The lowest BCUT2D eigenvalue weighted by Crippen LogP contribution is -2.18. The van der Waals surface area contributed by atoms with Gasteiger partial charge in [0.1, 0.15) is 11.2 Å². The van der Waals surface area contributed by atoms with Crippen LogP contribution < -0.4 is 0 Å². The smallest absolute Gasteiger partial charge is 0.135 e. The standard InChI is InChI=1S/C27H23N7S/c1-2-10-34(9-1)16-17-12-18(15-28-14-17)20-5-6-22-26(31-20)27(33-32-22)23-13-19-21(30-23)7-8-29-25(19)24-4-3-11-35-24/h3-8,11-15,30H,1-2,9-10,16H2,(H,32,33). The van der Waals surface area contributed by atoms with Crippen molar-refractivity contribution in [3.8, 4) is 33.2 Å². The first-order valence-electron chi connectivity index (χ1n) is 11.9. The molecule has 35 heavy (non-hydrogen) atoms. The van der Waals surface area contributed by atoms with Crippen molar-refractivity contribution in [3.63, 3.8) is 0 Å². The molecule has 0 unspecified atom stereocenters. The van der Waals surface area contributed by atoms with Crippen molar-refractivity contribution in [3.05, 3.63) is 72.0 Å². The Kier molecular flexibility index (Phi) is 4.92. The van der Waals surface area contributed by atoms with E-state index in [2.05, 4.69) is 59.7 Å². The predicted molar refractivity (Wildman–Crippen MR) is 140 cm³/mol. The number of hydrogen-bond acceptors (Lipinski definition) is 6. The number of hydrogen-bond donors (Lipinski definition) is 2. The molecular weight excluding hydrogens is 454 g/mol. The highest BCUT2D eigenvalue weighted by Crippen LogP contribution is 2.34. The van der Waals surface area contributed by atoms with Crippen molar-refractivity contribution < 1.29 is 0 Å². The minimum Gasteiger partial charge on any atom is -0.353 e. The number of nitrogens with zero attached hydrogens (tertiary/aromatic N) is 5. The summed E-state index contributed by atoms with van der Waals surface area (Å²) in [7, 11) is 0. The number of likely N-dealkylation sites (tertiary alicyclic amines) is 1. The Bertz CT molecular complexity index is 1640. The normalized spacial score (nSPS) is 14.4. The molecule has 6 aromatic heterocycles. The van der Waals surface area contributed by atoms with Crippen LogP contribution in [-0.4, -0.2) is 48.1 Å². The van der Waals surface area contributed by atoms with Crippen LogP contribution in [0.25, 0.3) is 55.2 Å². The molecule has 0 bridgehead atoms. The van der Waals surface area contributed by atoms with Gasteiger partial charge in [0.2, 0.25) is 0 Å². The van der Waals surface area contributed by atoms with Gasteiger partial charge in [-0.2, -0.15) is 5.10 Å². The zero-order valence-electron chi connectivity index (χ0n) is 19.0. The molecule has 1 fully saturated rings. The Morgan fingerprint density at radius 3 is 2.80 bits per heavy atom. The van der Waals surface area contributed by atoms with E-state index in [0.29, 0.717) is 0 Å². The summed E-state index contributed by atoms with van der Waals surface area (Å²) < 4.78 is 0.